The fourth-order valence-corrected chi connectivity index (χ4v) is 4.73. The number of amides is 1. The molecule has 35 heavy (non-hydrogen) atoms. The first-order valence-electron chi connectivity index (χ1n) is 11.4. The lowest BCUT2D eigenvalue weighted by Gasteiger charge is -2.19. The van der Waals surface area contributed by atoms with Crippen LogP contribution in [0.5, 0.6) is 17.2 Å². The number of methoxy groups -OCH3 is 2. The molecule has 0 radical (unpaired) electrons. The molecule has 0 bridgehead atoms. The van der Waals surface area contributed by atoms with Gasteiger partial charge in [-0.05, 0) is 48.5 Å². The van der Waals surface area contributed by atoms with Gasteiger partial charge in [0.15, 0.2) is 0 Å². The zero-order valence-electron chi connectivity index (χ0n) is 19.6. The molecule has 1 unspecified atom stereocenters. The molecule has 1 aliphatic heterocycles. The Bertz CT molecular complexity index is 1350. The third-order valence-electron chi connectivity index (χ3n) is 6.26. The number of nitrogens with zero attached hydrogens (tertiary/aromatic N) is 3. The monoisotopic (exact) mass is 491 g/mol. The molecule has 0 aliphatic carbocycles. The molecule has 0 spiro atoms. The summed E-state index contributed by atoms with van der Waals surface area (Å²) in [6, 6.07) is 20.9. The number of para-hydroxylation sites is 2. The van der Waals surface area contributed by atoms with Gasteiger partial charge in [-0.2, -0.15) is 0 Å². The maximum absolute atomic E-state index is 13.0. The summed E-state index contributed by atoms with van der Waals surface area (Å²) in [6.45, 7) is 1.56. The minimum absolute atomic E-state index is 0.0123. The molecule has 3 aromatic carbocycles. The van der Waals surface area contributed by atoms with Gasteiger partial charge in [0.1, 0.15) is 29.7 Å². The van der Waals surface area contributed by atoms with Crippen molar-refractivity contribution in [3.63, 3.8) is 0 Å². The van der Waals surface area contributed by atoms with Crippen LogP contribution in [0.2, 0.25) is 5.02 Å². The zero-order chi connectivity index (χ0) is 24.4. The summed E-state index contributed by atoms with van der Waals surface area (Å²) in [6.07, 6.45) is 0.357. The third-order valence-corrected chi connectivity index (χ3v) is 6.58. The number of carbonyl (C=O) groups is 1. The molecule has 1 fully saturated rings. The molecular weight excluding hydrogens is 466 g/mol. The Morgan fingerprint density at radius 3 is 2.46 bits per heavy atom. The van der Waals surface area contributed by atoms with Crippen LogP contribution in [0.4, 0.5) is 5.69 Å². The number of imidazole rings is 1. The minimum atomic E-state index is -0.0712. The molecule has 1 saturated heterocycles. The predicted octanol–water partition coefficient (Wildman–Crippen LogP) is 5.31. The van der Waals surface area contributed by atoms with E-state index >= 15 is 0 Å². The van der Waals surface area contributed by atoms with Crippen molar-refractivity contribution in [3.05, 3.63) is 77.6 Å². The van der Waals surface area contributed by atoms with Crippen LogP contribution in [0, 0.1) is 0 Å². The van der Waals surface area contributed by atoms with Crippen molar-refractivity contribution >= 4 is 34.2 Å². The van der Waals surface area contributed by atoms with Gasteiger partial charge in [-0.25, -0.2) is 4.98 Å². The van der Waals surface area contributed by atoms with Gasteiger partial charge < -0.3 is 23.7 Å². The van der Waals surface area contributed by atoms with Crippen molar-refractivity contribution < 1.29 is 19.0 Å². The predicted molar refractivity (Wildman–Crippen MR) is 136 cm³/mol. The number of carbonyl (C=O) groups excluding carboxylic acids is 1. The Morgan fingerprint density at radius 2 is 1.69 bits per heavy atom. The van der Waals surface area contributed by atoms with Crippen LogP contribution in [0.3, 0.4) is 0 Å². The molecule has 8 heteroatoms. The normalized spacial score (nSPS) is 15.6. The fourth-order valence-electron chi connectivity index (χ4n) is 4.51. The Labute approximate surface area is 208 Å². The van der Waals surface area contributed by atoms with Crippen molar-refractivity contribution in [2.24, 2.45) is 0 Å². The Hall–Kier alpha value is -3.71. The summed E-state index contributed by atoms with van der Waals surface area (Å²) >= 11 is 6.44. The van der Waals surface area contributed by atoms with Crippen LogP contribution < -0.4 is 19.1 Å². The number of hydrogen-bond acceptors (Lipinski definition) is 5. The lowest BCUT2D eigenvalue weighted by atomic mass is 10.1. The van der Waals surface area contributed by atoms with Gasteiger partial charge in [-0.15, -0.1) is 0 Å². The number of aromatic nitrogens is 2. The Kier molecular flexibility index (Phi) is 6.51. The van der Waals surface area contributed by atoms with E-state index in [0.29, 0.717) is 42.6 Å². The fraction of sp³-hybridized carbons (Fsp3) is 0.259. The van der Waals surface area contributed by atoms with Gasteiger partial charge in [-0.3, -0.25) is 4.79 Å². The van der Waals surface area contributed by atoms with Crippen LogP contribution in [-0.2, 0) is 11.3 Å². The second-order valence-corrected chi connectivity index (χ2v) is 8.76. The van der Waals surface area contributed by atoms with E-state index in [1.807, 2.05) is 48.5 Å². The van der Waals surface area contributed by atoms with Gasteiger partial charge in [0.2, 0.25) is 5.91 Å². The molecule has 5 rings (SSSR count). The second kappa shape index (κ2) is 9.88. The molecule has 1 aromatic heterocycles. The van der Waals surface area contributed by atoms with E-state index < -0.39 is 0 Å². The van der Waals surface area contributed by atoms with Gasteiger partial charge >= 0.3 is 0 Å². The number of fused-ring (bicyclic) bond motifs is 1. The van der Waals surface area contributed by atoms with Crippen LogP contribution in [0.15, 0.2) is 66.7 Å². The molecule has 4 aromatic rings. The number of rotatable bonds is 8. The van der Waals surface area contributed by atoms with E-state index in [-0.39, 0.29) is 11.8 Å². The van der Waals surface area contributed by atoms with Gasteiger partial charge in [0.05, 0.1) is 42.5 Å². The standard InChI is InChI=1S/C27H26ClN3O4/c1-33-19-7-9-20(10-8-19)35-14-13-30-24-6-4-3-5-23(24)29-27(30)18-15-26(32)31(17-18)25-16-21(34-2)11-12-22(25)28/h3-12,16,18H,13-15,17H2,1-2H3. The van der Waals surface area contributed by atoms with E-state index in [0.717, 1.165) is 28.4 Å². The average Bonchev–Trinajstić information content (AvgIpc) is 3.45. The molecular formula is C27H26ClN3O4. The summed E-state index contributed by atoms with van der Waals surface area (Å²) in [7, 11) is 3.23. The third kappa shape index (κ3) is 4.64. The summed E-state index contributed by atoms with van der Waals surface area (Å²) < 4.78 is 18.7. The Balaban J connectivity index is 1.39. The highest BCUT2D eigenvalue weighted by atomic mass is 35.5. The zero-order valence-corrected chi connectivity index (χ0v) is 20.4. The first-order valence-corrected chi connectivity index (χ1v) is 11.8. The van der Waals surface area contributed by atoms with Crippen LogP contribution >= 0.6 is 11.6 Å². The number of anilines is 1. The van der Waals surface area contributed by atoms with Gasteiger partial charge in [0.25, 0.3) is 0 Å². The quantitative estimate of drug-likeness (QED) is 0.334. The van der Waals surface area contributed by atoms with E-state index in [9.17, 15) is 4.79 Å². The number of hydrogen-bond donors (Lipinski definition) is 0. The summed E-state index contributed by atoms with van der Waals surface area (Å²) in [5, 5.41) is 0.515. The maximum Gasteiger partial charge on any atom is 0.227 e. The Morgan fingerprint density at radius 1 is 0.971 bits per heavy atom. The van der Waals surface area contributed by atoms with Crippen molar-refractivity contribution in [2.45, 2.75) is 18.9 Å². The molecule has 180 valence electrons. The molecule has 0 N–H and O–H groups in total. The SMILES string of the molecule is COc1ccc(OCCn2c(C3CC(=O)N(c4cc(OC)ccc4Cl)C3)nc3ccccc32)cc1. The highest BCUT2D eigenvalue weighted by Gasteiger charge is 2.35. The lowest BCUT2D eigenvalue weighted by Crippen LogP contribution is -2.25. The van der Waals surface area contributed by atoms with Crippen LogP contribution in [-0.4, -0.2) is 42.8 Å². The number of ether oxygens (including phenoxy) is 3. The number of halogens is 1. The molecule has 0 saturated carbocycles. The summed E-state index contributed by atoms with van der Waals surface area (Å²) in [4.78, 5) is 19.7. The molecule has 2 heterocycles. The molecule has 1 amide bonds. The highest BCUT2D eigenvalue weighted by molar-refractivity contribution is 6.34. The van der Waals surface area contributed by atoms with E-state index in [4.69, 9.17) is 30.8 Å². The van der Waals surface area contributed by atoms with E-state index in [2.05, 4.69) is 4.57 Å². The van der Waals surface area contributed by atoms with Crippen LogP contribution in [0.1, 0.15) is 18.2 Å². The largest absolute Gasteiger partial charge is 0.497 e. The van der Waals surface area contributed by atoms with Crippen LogP contribution in [0.25, 0.3) is 11.0 Å². The highest BCUT2D eigenvalue weighted by Crippen LogP contribution is 2.37. The van der Waals surface area contributed by atoms with Crippen molar-refractivity contribution in [2.75, 3.05) is 32.3 Å². The van der Waals surface area contributed by atoms with Gasteiger partial charge in [0, 0.05) is 24.9 Å². The summed E-state index contributed by atoms with van der Waals surface area (Å²) in [5.41, 5.74) is 2.58. The first kappa shape index (κ1) is 23.1. The van der Waals surface area contributed by atoms with E-state index in [1.54, 1.807) is 37.3 Å². The maximum atomic E-state index is 13.0. The smallest absolute Gasteiger partial charge is 0.227 e. The van der Waals surface area contributed by atoms with Crippen molar-refractivity contribution in [3.8, 4) is 17.2 Å². The number of benzene rings is 3. The topological polar surface area (TPSA) is 65.8 Å². The van der Waals surface area contributed by atoms with E-state index in [1.165, 1.54) is 0 Å². The summed E-state index contributed by atoms with van der Waals surface area (Å²) in [5.74, 6) is 3.03. The van der Waals surface area contributed by atoms with Crippen molar-refractivity contribution in [1.29, 1.82) is 0 Å². The molecule has 1 aliphatic rings. The lowest BCUT2D eigenvalue weighted by molar-refractivity contribution is -0.117. The molecule has 7 nitrogen and oxygen atoms in total. The van der Waals surface area contributed by atoms with Crippen molar-refractivity contribution in [1.82, 2.24) is 9.55 Å². The minimum Gasteiger partial charge on any atom is -0.497 e. The average molecular weight is 492 g/mol. The second-order valence-electron chi connectivity index (χ2n) is 8.36. The molecule has 1 atom stereocenters. The van der Waals surface area contributed by atoms with Gasteiger partial charge in [-0.1, -0.05) is 23.7 Å². The first-order chi connectivity index (χ1) is 17.1.